The van der Waals surface area contributed by atoms with Gasteiger partial charge in [-0.25, -0.2) is 9.97 Å². The van der Waals surface area contributed by atoms with E-state index in [0.29, 0.717) is 25.3 Å². The van der Waals surface area contributed by atoms with Gasteiger partial charge >= 0.3 is 0 Å². The van der Waals surface area contributed by atoms with Crippen LogP contribution < -0.4 is 0 Å². The summed E-state index contributed by atoms with van der Waals surface area (Å²) in [6.45, 7) is 4.30. The molecule has 7 nitrogen and oxygen atoms in total. The highest BCUT2D eigenvalue weighted by atomic mass is 16.5. The highest BCUT2D eigenvalue weighted by Crippen LogP contribution is 2.30. The zero-order chi connectivity index (χ0) is 22.4. The lowest BCUT2D eigenvalue weighted by molar-refractivity contribution is -0.108. The Morgan fingerprint density at radius 2 is 1.67 bits per heavy atom. The Balaban J connectivity index is 1.29. The molecule has 2 aliphatic heterocycles. The van der Waals surface area contributed by atoms with Gasteiger partial charge in [-0.2, -0.15) is 0 Å². The van der Waals surface area contributed by atoms with Gasteiger partial charge in [0.15, 0.2) is 5.65 Å². The lowest BCUT2D eigenvalue weighted by Gasteiger charge is -2.47. The number of aryl methyl sites for hydroxylation is 1. The molecule has 2 aliphatic rings. The molecule has 2 unspecified atom stereocenters. The largest absolute Gasteiger partial charge is 0.393 e. The van der Waals surface area contributed by atoms with Crippen LogP contribution in [0.5, 0.6) is 0 Å². The molecule has 2 saturated heterocycles. The Hall–Kier alpha value is -3.13. The van der Waals surface area contributed by atoms with Crippen LogP contribution in [0.25, 0.3) is 28.1 Å². The molecule has 0 saturated carbocycles. The van der Waals surface area contributed by atoms with Gasteiger partial charge in [0.2, 0.25) is 0 Å². The van der Waals surface area contributed by atoms with Crippen molar-refractivity contribution in [3.05, 3.63) is 72.3 Å². The van der Waals surface area contributed by atoms with Crippen LogP contribution in [0, 0.1) is 6.92 Å². The van der Waals surface area contributed by atoms with E-state index in [2.05, 4.69) is 38.7 Å². The third-order valence-electron chi connectivity index (χ3n) is 6.85. The predicted molar refractivity (Wildman–Crippen MR) is 126 cm³/mol. The van der Waals surface area contributed by atoms with Crippen molar-refractivity contribution in [2.75, 3.05) is 13.2 Å². The molecule has 0 aliphatic carbocycles. The van der Waals surface area contributed by atoms with E-state index in [9.17, 15) is 5.11 Å². The summed E-state index contributed by atoms with van der Waals surface area (Å²) < 4.78 is 7.86. The number of morpholine rings is 1. The molecule has 4 aromatic rings. The average molecular weight is 442 g/mol. The van der Waals surface area contributed by atoms with Crippen LogP contribution in [0.4, 0.5) is 0 Å². The highest BCUT2D eigenvalue weighted by Gasteiger charge is 2.38. The number of hydrogen-bond donors (Lipinski definition) is 1. The van der Waals surface area contributed by atoms with Gasteiger partial charge in [0.1, 0.15) is 11.3 Å². The summed E-state index contributed by atoms with van der Waals surface area (Å²) in [4.78, 5) is 16.3. The number of fused-ring (bicyclic) bond motifs is 3. The number of ether oxygens (including phenoxy) is 1. The molecule has 2 fully saturated rings. The number of imidazole rings is 1. The summed E-state index contributed by atoms with van der Waals surface area (Å²) >= 11 is 0. The zero-order valence-corrected chi connectivity index (χ0v) is 18.6. The zero-order valence-electron chi connectivity index (χ0n) is 18.6. The minimum Gasteiger partial charge on any atom is -0.393 e. The van der Waals surface area contributed by atoms with Gasteiger partial charge in [-0.1, -0.05) is 12.1 Å². The Morgan fingerprint density at radius 3 is 2.39 bits per heavy atom. The maximum absolute atomic E-state index is 10.1. The molecule has 0 radical (unpaired) electrons. The topological polar surface area (TPSA) is 76.3 Å². The molecule has 168 valence electrons. The maximum atomic E-state index is 10.1. The molecule has 7 heteroatoms. The summed E-state index contributed by atoms with van der Waals surface area (Å²) in [6, 6.07) is 17.2. The van der Waals surface area contributed by atoms with Crippen LogP contribution in [-0.2, 0) is 11.3 Å². The number of aliphatic hydroxyl groups is 1. The van der Waals surface area contributed by atoms with Gasteiger partial charge in [0.05, 0.1) is 25.0 Å². The van der Waals surface area contributed by atoms with Crippen LogP contribution in [0.15, 0.2) is 60.9 Å². The smallest absolute Gasteiger partial charge is 0.165 e. The quantitative estimate of drug-likeness (QED) is 0.522. The van der Waals surface area contributed by atoms with Crippen LogP contribution >= 0.6 is 0 Å². The fraction of sp³-hybridized carbons (Fsp3) is 0.346. The summed E-state index contributed by atoms with van der Waals surface area (Å²) in [5.74, 6) is 0.911. The predicted octanol–water partition coefficient (Wildman–Crippen LogP) is 3.52. The fourth-order valence-electron chi connectivity index (χ4n) is 5.24. The van der Waals surface area contributed by atoms with Gasteiger partial charge in [0.25, 0.3) is 0 Å². The number of benzene rings is 1. The lowest BCUT2D eigenvalue weighted by Crippen LogP contribution is -2.57. The molecular formula is C26H27N5O2. The first-order valence-electron chi connectivity index (χ1n) is 11.5. The number of aliphatic hydroxyl groups excluding tert-OH is 1. The standard InChI is InChI=1S/C26H27N5O2/c1-17-28-25-7-6-24(19-8-10-27-11-9-19)29-26(25)31(17)20-4-2-18(3-5-20)14-30-21-12-23(32)13-22(30)16-33-15-21/h2-11,21-23,32H,12-16H2,1H3. The van der Waals surface area contributed by atoms with Crippen molar-refractivity contribution in [3.8, 4) is 16.9 Å². The summed E-state index contributed by atoms with van der Waals surface area (Å²) in [7, 11) is 0. The number of hydrogen-bond acceptors (Lipinski definition) is 6. The van der Waals surface area contributed by atoms with E-state index >= 15 is 0 Å². The van der Waals surface area contributed by atoms with Crippen molar-refractivity contribution >= 4 is 11.2 Å². The molecular weight excluding hydrogens is 414 g/mol. The molecule has 3 aromatic heterocycles. The minimum absolute atomic E-state index is 0.204. The lowest BCUT2D eigenvalue weighted by atomic mass is 9.91. The third kappa shape index (κ3) is 3.82. The second-order valence-electron chi connectivity index (χ2n) is 9.08. The first kappa shape index (κ1) is 20.5. The summed E-state index contributed by atoms with van der Waals surface area (Å²) in [5, 5.41) is 10.1. The number of piperidine rings is 1. The second-order valence-corrected chi connectivity index (χ2v) is 9.08. The van der Waals surface area contributed by atoms with E-state index in [-0.39, 0.29) is 6.10 Å². The van der Waals surface area contributed by atoms with E-state index in [4.69, 9.17) is 14.7 Å². The van der Waals surface area contributed by atoms with E-state index in [1.54, 1.807) is 12.4 Å². The van der Waals surface area contributed by atoms with E-state index in [0.717, 1.165) is 53.3 Å². The molecule has 0 spiro atoms. The molecule has 1 aromatic carbocycles. The molecule has 2 atom stereocenters. The molecule has 5 heterocycles. The SMILES string of the molecule is Cc1nc2ccc(-c3ccncc3)nc2n1-c1ccc(CN2C3COCC2CC(O)C3)cc1. The first-order valence-corrected chi connectivity index (χ1v) is 11.5. The van der Waals surface area contributed by atoms with Crippen molar-refractivity contribution < 1.29 is 9.84 Å². The molecule has 1 N–H and O–H groups in total. The first-order chi connectivity index (χ1) is 16.2. The van der Waals surface area contributed by atoms with Crippen molar-refractivity contribution in [2.45, 2.75) is 44.5 Å². The number of aromatic nitrogens is 4. The summed E-state index contributed by atoms with van der Waals surface area (Å²) in [5.41, 5.74) is 5.99. The average Bonchev–Trinajstić information content (AvgIpc) is 3.15. The molecule has 6 rings (SSSR count). The Morgan fingerprint density at radius 1 is 0.939 bits per heavy atom. The Bertz CT molecular complexity index is 1260. The molecule has 0 amide bonds. The van der Waals surface area contributed by atoms with Crippen molar-refractivity contribution in [1.29, 1.82) is 0 Å². The number of pyridine rings is 2. The van der Waals surface area contributed by atoms with Gasteiger partial charge < -0.3 is 9.84 Å². The summed E-state index contributed by atoms with van der Waals surface area (Å²) in [6.07, 6.45) is 4.95. The van der Waals surface area contributed by atoms with Crippen LogP contribution in [0.3, 0.4) is 0 Å². The van der Waals surface area contributed by atoms with Crippen LogP contribution in [0.1, 0.15) is 24.2 Å². The Labute approximate surface area is 192 Å². The van der Waals surface area contributed by atoms with E-state index in [1.165, 1.54) is 5.56 Å². The molecule has 33 heavy (non-hydrogen) atoms. The van der Waals surface area contributed by atoms with Crippen molar-refractivity contribution in [2.24, 2.45) is 0 Å². The van der Waals surface area contributed by atoms with Crippen LogP contribution in [-0.4, -0.2) is 60.9 Å². The van der Waals surface area contributed by atoms with Gasteiger partial charge in [-0.05, 0) is 61.7 Å². The van der Waals surface area contributed by atoms with Gasteiger partial charge in [0, 0.05) is 42.3 Å². The minimum atomic E-state index is -0.204. The van der Waals surface area contributed by atoms with E-state index in [1.807, 2.05) is 31.2 Å². The molecule has 2 bridgehead atoms. The second kappa shape index (κ2) is 8.33. The van der Waals surface area contributed by atoms with Crippen molar-refractivity contribution in [3.63, 3.8) is 0 Å². The monoisotopic (exact) mass is 441 g/mol. The fourth-order valence-corrected chi connectivity index (χ4v) is 5.24. The van der Waals surface area contributed by atoms with Crippen molar-refractivity contribution in [1.82, 2.24) is 24.4 Å². The Kier molecular flexibility index (Phi) is 5.17. The van der Waals surface area contributed by atoms with E-state index < -0.39 is 0 Å². The normalized spacial score (nSPS) is 23.2. The van der Waals surface area contributed by atoms with Gasteiger partial charge in [-0.15, -0.1) is 0 Å². The maximum Gasteiger partial charge on any atom is 0.165 e. The van der Waals surface area contributed by atoms with Gasteiger partial charge in [-0.3, -0.25) is 14.5 Å². The number of rotatable bonds is 4. The number of nitrogens with zero attached hydrogens (tertiary/aromatic N) is 5. The van der Waals surface area contributed by atoms with Crippen LogP contribution in [0.2, 0.25) is 0 Å². The highest BCUT2D eigenvalue weighted by molar-refractivity contribution is 5.78. The third-order valence-corrected chi connectivity index (χ3v) is 6.85.